The number of anilines is 1. The van der Waals surface area contributed by atoms with E-state index in [1.54, 1.807) is 12.1 Å². The van der Waals surface area contributed by atoms with Gasteiger partial charge < -0.3 is 15.3 Å². The molecule has 3 rings (SSSR count). The first-order valence-electron chi connectivity index (χ1n) is 5.87. The smallest absolute Gasteiger partial charge is 0.327 e. The van der Waals surface area contributed by atoms with Crippen molar-refractivity contribution < 1.29 is 14.7 Å². The third kappa shape index (κ3) is 2.63. The fourth-order valence-corrected chi connectivity index (χ4v) is 3.86. The Balaban J connectivity index is 1.88. The summed E-state index contributed by atoms with van der Waals surface area (Å²) in [5.74, 6) is -0.320. The zero-order valence-electron chi connectivity index (χ0n) is 10.4. The molecule has 1 fully saturated rings. The first kappa shape index (κ1) is 14.4. The molecule has 0 spiro atoms. The fraction of sp³-hybridized carbons (Fsp3) is 0.273. The van der Waals surface area contributed by atoms with Crippen molar-refractivity contribution in [1.29, 1.82) is 0 Å². The van der Waals surface area contributed by atoms with E-state index in [-0.39, 0.29) is 0 Å². The molecule has 1 aliphatic heterocycles. The molecule has 1 unspecified atom stereocenters. The van der Waals surface area contributed by atoms with Crippen LogP contribution in [0.2, 0.25) is 5.02 Å². The third-order valence-electron chi connectivity index (χ3n) is 3.04. The summed E-state index contributed by atoms with van der Waals surface area (Å²) in [6.07, 6.45) is 0. The number of halogens is 1. The van der Waals surface area contributed by atoms with Crippen LogP contribution in [0.15, 0.2) is 12.1 Å². The molecule has 2 amide bonds. The minimum Gasteiger partial charge on any atom is -0.480 e. The number of hydrogen-bond donors (Lipinski definition) is 2. The summed E-state index contributed by atoms with van der Waals surface area (Å²) in [6, 6.07) is 1.99. The highest BCUT2D eigenvalue weighted by Crippen LogP contribution is 2.31. The number of thioether (sulfide) groups is 1. The Hall–Kier alpha value is -1.58. The highest BCUT2D eigenvalue weighted by Gasteiger charge is 2.35. The minimum atomic E-state index is -1.02. The van der Waals surface area contributed by atoms with E-state index in [9.17, 15) is 9.59 Å². The topological polar surface area (TPSA) is 95.4 Å². The molecule has 1 atom stereocenters. The fourth-order valence-electron chi connectivity index (χ4n) is 1.97. The van der Waals surface area contributed by atoms with Gasteiger partial charge in [-0.2, -0.15) is 8.75 Å². The van der Waals surface area contributed by atoms with Gasteiger partial charge in [-0.05, 0) is 12.1 Å². The average molecular weight is 345 g/mol. The SMILES string of the molecule is O=C(O)C1CSCN1C(=O)Nc1c(Cl)ccc2nsnc12. The monoisotopic (exact) mass is 344 g/mol. The molecule has 1 aromatic heterocycles. The predicted octanol–water partition coefficient (Wildman–Crippen LogP) is 2.34. The van der Waals surface area contributed by atoms with Gasteiger partial charge in [0.25, 0.3) is 0 Å². The van der Waals surface area contributed by atoms with Crippen LogP contribution in [0.3, 0.4) is 0 Å². The Morgan fingerprint density at radius 3 is 3.00 bits per heavy atom. The van der Waals surface area contributed by atoms with Gasteiger partial charge >= 0.3 is 12.0 Å². The molecule has 0 aliphatic carbocycles. The van der Waals surface area contributed by atoms with Crippen molar-refractivity contribution in [3.05, 3.63) is 17.2 Å². The van der Waals surface area contributed by atoms with Crippen molar-refractivity contribution in [2.24, 2.45) is 0 Å². The molecule has 7 nitrogen and oxygen atoms in total. The Morgan fingerprint density at radius 2 is 2.24 bits per heavy atom. The summed E-state index contributed by atoms with van der Waals surface area (Å²) < 4.78 is 8.18. The average Bonchev–Trinajstić information content (AvgIpc) is 3.09. The largest absolute Gasteiger partial charge is 0.480 e. The molecule has 1 aliphatic rings. The third-order valence-corrected chi connectivity index (χ3v) is 4.91. The zero-order chi connectivity index (χ0) is 15.0. The normalized spacial score (nSPS) is 18.1. The van der Waals surface area contributed by atoms with Gasteiger partial charge in [-0.1, -0.05) is 11.6 Å². The summed E-state index contributed by atoms with van der Waals surface area (Å²) in [5.41, 5.74) is 1.49. The summed E-state index contributed by atoms with van der Waals surface area (Å²) in [5, 5.41) is 12.1. The highest BCUT2D eigenvalue weighted by molar-refractivity contribution is 7.99. The van der Waals surface area contributed by atoms with E-state index < -0.39 is 18.0 Å². The second-order valence-corrected chi connectivity index (χ2v) is 6.24. The van der Waals surface area contributed by atoms with Gasteiger partial charge in [0.15, 0.2) is 0 Å². The summed E-state index contributed by atoms with van der Waals surface area (Å²) in [7, 11) is 0. The van der Waals surface area contributed by atoms with Crippen molar-refractivity contribution in [3.8, 4) is 0 Å². The molecule has 0 radical (unpaired) electrons. The maximum atomic E-state index is 12.3. The molecule has 0 saturated carbocycles. The molecular formula is C11H9ClN4O3S2. The van der Waals surface area contributed by atoms with Gasteiger partial charge in [0.05, 0.1) is 28.3 Å². The van der Waals surface area contributed by atoms with E-state index in [0.717, 1.165) is 11.7 Å². The highest BCUT2D eigenvalue weighted by atomic mass is 35.5. The van der Waals surface area contributed by atoms with Crippen LogP contribution < -0.4 is 5.32 Å². The Labute approximate surface area is 132 Å². The number of carbonyl (C=O) groups excluding carboxylic acids is 1. The van der Waals surface area contributed by atoms with Crippen LogP contribution in [0.5, 0.6) is 0 Å². The molecule has 2 heterocycles. The van der Waals surface area contributed by atoms with Gasteiger partial charge in [-0.3, -0.25) is 0 Å². The predicted molar refractivity (Wildman–Crippen MR) is 82.0 cm³/mol. The van der Waals surface area contributed by atoms with E-state index in [0.29, 0.717) is 33.4 Å². The number of carboxylic acid groups (broad SMARTS) is 1. The molecular weight excluding hydrogens is 336 g/mol. The minimum absolute atomic E-state index is 0.325. The summed E-state index contributed by atoms with van der Waals surface area (Å²) in [4.78, 5) is 24.7. The van der Waals surface area contributed by atoms with Crippen LogP contribution in [-0.2, 0) is 4.79 Å². The number of carboxylic acids is 1. The molecule has 1 saturated heterocycles. The number of nitrogens with one attached hydrogen (secondary N) is 1. The molecule has 1 aromatic carbocycles. The van der Waals surface area contributed by atoms with Crippen molar-refractivity contribution in [1.82, 2.24) is 13.6 Å². The lowest BCUT2D eigenvalue weighted by Crippen LogP contribution is -2.44. The van der Waals surface area contributed by atoms with Gasteiger partial charge in [0.1, 0.15) is 17.1 Å². The lowest BCUT2D eigenvalue weighted by atomic mass is 10.2. The molecule has 2 aromatic rings. The van der Waals surface area contributed by atoms with Crippen LogP contribution in [0.4, 0.5) is 10.5 Å². The Bertz CT molecular complexity index is 723. The van der Waals surface area contributed by atoms with E-state index in [4.69, 9.17) is 16.7 Å². The number of aliphatic carboxylic acids is 1. The number of hydrogen-bond acceptors (Lipinski definition) is 6. The first-order chi connectivity index (χ1) is 10.1. The number of rotatable bonds is 2. The van der Waals surface area contributed by atoms with E-state index in [1.807, 2.05) is 0 Å². The summed E-state index contributed by atoms with van der Waals surface area (Å²) >= 11 is 8.50. The number of fused-ring (bicyclic) bond motifs is 1. The second-order valence-electron chi connectivity index (χ2n) is 4.31. The molecule has 21 heavy (non-hydrogen) atoms. The van der Waals surface area contributed by atoms with Crippen LogP contribution in [0.25, 0.3) is 11.0 Å². The number of nitrogens with zero attached hydrogens (tertiary/aromatic N) is 3. The first-order valence-corrected chi connectivity index (χ1v) is 8.13. The van der Waals surface area contributed by atoms with Crippen molar-refractivity contribution in [2.45, 2.75) is 6.04 Å². The number of aromatic nitrogens is 2. The second kappa shape index (κ2) is 5.66. The molecule has 110 valence electrons. The maximum absolute atomic E-state index is 12.3. The van der Waals surface area contributed by atoms with Crippen LogP contribution in [0.1, 0.15) is 0 Å². The van der Waals surface area contributed by atoms with Gasteiger partial charge in [0, 0.05) is 5.75 Å². The number of amides is 2. The Kier molecular flexibility index (Phi) is 3.87. The summed E-state index contributed by atoms with van der Waals surface area (Å²) in [6.45, 7) is 0. The van der Waals surface area contributed by atoms with Crippen LogP contribution in [0, 0.1) is 0 Å². The van der Waals surface area contributed by atoms with Crippen molar-refractivity contribution in [3.63, 3.8) is 0 Å². The van der Waals surface area contributed by atoms with E-state index in [2.05, 4.69) is 14.1 Å². The standard InChI is InChI=1S/C11H9ClN4O3S2/c12-5-1-2-6-9(15-21-14-6)8(5)13-11(19)16-4-20-3-7(16)10(17)18/h1-2,7H,3-4H2,(H,13,19)(H,17,18). The molecule has 10 heteroatoms. The van der Waals surface area contributed by atoms with Crippen molar-refractivity contribution >= 4 is 63.8 Å². The van der Waals surface area contributed by atoms with Gasteiger partial charge in [-0.15, -0.1) is 11.8 Å². The van der Waals surface area contributed by atoms with Gasteiger partial charge in [-0.25, -0.2) is 9.59 Å². The van der Waals surface area contributed by atoms with Crippen LogP contribution >= 0.6 is 35.1 Å². The van der Waals surface area contributed by atoms with E-state index in [1.165, 1.54) is 16.7 Å². The zero-order valence-corrected chi connectivity index (χ0v) is 12.8. The lowest BCUT2D eigenvalue weighted by Gasteiger charge is -2.21. The van der Waals surface area contributed by atoms with Gasteiger partial charge in [0.2, 0.25) is 0 Å². The number of benzene rings is 1. The lowest BCUT2D eigenvalue weighted by molar-refractivity contribution is -0.140. The molecule has 2 N–H and O–H groups in total. The Morgan fingerprint density at radius 1 is 1.43 bits per heavy atom. The van der Waals surface area contributed by atoms with E-state index >= 15 is 0 Å². The number of carbonyl (C=O) groups is 2. The quantitative estimate of drug-likeness (QED) is 0.868. The number of urea groups is 1. The maximum Gasteiger partial charge on any atom is 0.327 e. The van der Waals surface area contributed by atoms with Crippen LogP contribution in [-0.4, -0.2) is 48.4 Å². The van der Waals surface area contributed by atoms with Crippen molar-refractivity contribution in [2.75, 3.05) is 16.9 Å². The molecule has 0 bridgehead atoms.